The SMILES string of the molecule is O=c1cc(C(F)(F)F)cc(-c2cncc3ccccc23)[nH]1. The van der Waals surface area contributed by atoms with E-state index >= 15 is 0 Å². The summed E-state index contributed by atoms with van der Waals surface area (Å²) in [6, 6.07) is 8.62. The molecule has 106 valence electrons. The standard InChI is InChI=1S/C15H9F3N2O/c16-15(17,18)10-5-13(20-14(21)6-10)12-8-19-7-9-3-1-2-4-11(9)12/h1-8H,(H,20,21). The number of halogens is 3. The quantitative estimate of drug-likeness (QED) is 0.744. The molecule has 0 aliphatic carbocycles. The van der Waals surface area contributed by atoms with Gasteiger partial charge in [-0.2, -0.15) is 13.2 Å². The Morgan fingerprint density at radius 3 is 2.57 bits per heavy atom. The number of nitrogens with zero attached hydrogens (tertiary/aromatic N) is 1. The molecule has 0 spiro atoms. The third kappa shape index (κ3) is 2.52. The van der Waals surface area contributed by atoms with Crippen LogP contribution in [0.5, 0.6) is 0 Å². The van der Waals surface area contributed by atoms with Crippen molar-refractivity contribution in [1.29, 1.82) is 0 Å². The fraction of sp³-hybridized carbons (Fsp3) is 0.0667. The van der Waals surface area contributed by atoms with E-state index in [-0.39, 0.29) is 5.69 Å². The molecule has 0 unspecified atom stereocenters. The molecule has 3 rings (SSSR count). The molecule has 21 heavy (non-hydrogen) atoms. The monoisotopic (exact) mass is 290 g/mol. The summed E-state index contributed by atoms with van der Waals surface area (Å²) in [5.74, 6) is 0. The highest BCUT2D eigenvalue weighted by molar-refractivity contribution is 5.94. The van der Waals surface area contributed by atoms with Gasteiger partial charge in [-0.05, 0) is 11.5 Å². The molecule has 0 saturated heterocycles. The minimum atomic E-state index is -4.57. The molecule has 0 aliphatic rings. The largest absolute Gasteiger partial charge is 0.416 e. The zero-order valence-electron chi connectivity index (χ0n) is 10.6. The molecule has 0 bridgehead atoms. The first kappa shape index (κ1) is 13.4. The Kier molecular flexibility index (Phi) is 3.01. The summed E-state index contributed by atoms with van der Waals surface area (Å²) in [5.41, 5.74) is -1.22. The third-order valence-corrected chi connectivity index (χ3v) is 3.13. The van der Waals surface area contributed by atoms with Crippen LogP contribution < -0.4 is 5.56 Å². The number of benzene rings is 1. The lowest BCUT2D eigenvalue weighted by Gasteiger charge is -2.10. The van der Waals surface area contributed by atoms with Crippen molar-refractivity contribution in [3.63, 3.8) is 0 Å². The number of alkyl halides is 3. The van der Waals surface area contributed by atoms with Crippen LogP contribution in [0.25, 0.3) is 22.0 Å². The lowest BCUT2D eigenvalue weighted by molar-refractivity contribution is -0.137. The van der Waals surface area contributed by atoms with Crippen molar-refractivity contribution in [2.45, 2.75) is 6.18 Å². The first-order chi connectivity index (χ1) is 9.95. The lowest BCUT2D eigenvalue weighted by atomic mass is 10.0. The van der Waals surface area contributed by atoms with Gasteiger partial charge in [-0.25, -0.2) is 0 Å². The van der Waals surface area contributed by atoms with E-state index in [1.165, 1.54) is 6.20 Å². The van der Waals surface area contributed by atoms with Crippen molar-refractivity contribution >= 4 is 10.8 Å². The number of hydrogen-bond donors (Lipinski definition) is 1. The van der Waals surface area contributed by atoms with Crippen LogP contribution in [-0.2, 0) is 6.18 Å². The van der Waals surface area contributed by atoms with Crippen LogP contribution in [0.3, 0.4) is 0 Å². The molecule has 2 aromatic heterocycles. The summed E-state index contributed by atoms with van der Waals surface area (Å²) in [6.07, 6.45) is -1.51. The predicted octanol–water partition coefficient (Wildman–Crippen LogP) is 3.61. The van der Waals surface area contributed by atoms with Crippen molar-refractivity contribution in [3.8, 4) is 11.3 Å². The van der Waals surface area contributed by atoms with Crippen molar-refractivity contribution in [2.75, 3.05) is 0 Å². The molecule has 0 amide bonds. The van der Waals surface area contributed by atoms with Crippen LogP contribution in [-0.4, -0.2) is 9.97 Å². The molecule has 1 aromatic carbocycles. The number of H-pyrrole nitrogens is 1. The zero-order valence-corrected chi connectivity index (χ0v) is 10.6. The molecule has 0 saturated carbocycles. The van der Waals surface area contributed by atoms with Crippen LogP contribution in [0, 0.1) is 0 Å². The number of rotatable bonds is 1. The maximum atomic E-state index is 12.8. The normalized spacial score (nSPS) is 11.8. The average Bonchev–Trinajstić information content (AvgIpc) is 2.45. The van der Waals surface area contributed by atoms with Crippen LogP contribution in [0.15, 0.2) is 53.6 Å². The van der Waals surface area contributed by atoms with Crippen molar-refractivity contribution in [3.05, 3.63) is 64.7 Å². The zero-order chi connectivity index (χ0) is 15.0. The summed E-state index contributed by atoms with van der Waals surface area (Å²) in [5, 5.41) is 1.51. The van der Waals surface area contributed by atoms with Crippen LogP contribution in [0.2, 0.25) is 0 Å². The molecule has 3 aromatic rings. The molecule has 6 heteroatoms. The fourth-order valence-corrected chi connectivity index (χ4v) is 2.18. The van der Waals surface area contributed by atoms with Crippen LogP contribution in [0.4, 0.5) is 13.2 Å². The Balaban J connectivity index is 2.29. The smallest absolute Gasteiger partial charge is 0.322 e. The minimum Gasteiger partial charge on any atom is -0.322 e. The van der Waals surface area contributed by atoms with Gasteiger partial charge in [0, 0.05) is 29.4 Å². The van der Waals surface area contributed by atoms with E-state index in [4.69, 9.17) is 0 Å². The molecule has 0 radical (unpaired) electrons. The van der Waals surface area contributed by atoms with Crippen LogP contribution in [0.1, 0.15) is 5.56 Å². The summed E-state index contributed by atoms with van der Waals surface area (Å²) in [6.45, 7) is 0. The Labute approximate surface area is 117 Å². The fourth-order valence-electron chi connectivity index (χ4n) is 2.18. The van der Waals surface area contributed by atoms with E-state index in [9.17, 15) is 18.0 Å². The average molecular weight is 290 g/mol. The molecular weight excluding hydrogens is 281 g/mol. The lowest BCUT2D eigenvalue weighted by Crippen LogP contribution is -2.13. The highest BCUT2D eigenvalue weighted by Gasteiger charge is 2.31. The van der Waals surface area contributed by atoms with E-state index in [1.807, 2.05) is 6.07 Å². The summed E-state index contributed by atoms with van der Waals surface area (Å²) >= 11 is 0. The van der Waals surface area contributed by atoms with Gasteiger partial charge in [0.25, 0.3) is 0 Å². The molecule has 3 nitrogen and oxygen atoms in total. The van der Waals surface area contributed by atoms with E-state index in [0.717, 1.165) is 16.8 Å². The topological polar surface area (TPSA) is 45.8 Å². The highest BCUT2D eigenvalue weighted by atomic mass is 19.4. The number of nitrogens with one attached hydrogen (secondary N) is 1. The maximum Gasteiger partial charge on any atom is 0.416 e. The number of aromatic nitrogens is 2. The Bertz CT molecular complexity index is 863. The number of fused-ring (bicyclic) bond motifs is 1. The Morgan fingerprint density at radius 1 is 1.05 bits per heavy atom. The summed E-state index contributed by atoms with van der Waals surface area (Å²) in [7, 11) is 0. The maximum absolute atomic E-state index is 12.8. The molecule has 0 atom stereocenters. The summed E-state index contributed by atoms with van der Waals surface area (Å²) < 4.78 is 38.4. The van der Waals surface area contributed by atoms with E-state index < -0.39 is 17.3 Å². The predicted molar refractivity (Wildman–Crippen MR) is 72.8 cm³/mol. The van der Waals surface area contributed by atoms with Crippen LogP contribution >= 0.6 is 0 Å². The van der Waals surface area contributed by atoms with E-state index in [2.05, 4.69) is 9.97 Å². The van der Waals surface area contributed by atoms with Gasteiger partial charge in [0.2, 0.25) is 5.56 Å². The number of aromatic amines is 1. The molecule has 1 N–H and O–H groups in total. The van der Waals surface area contributed by atoms with Gasteiger partial charge in [-0.1, -0.05) is 24.3 Å². The number of hydrogen-bond acceptors (Lipinski definition) is 2. The van der Waals surface area contributed by atoms with Crippen molar-refractivity contribution in [2.24, 2.45) is 0 Å². The van der Waals surface area contributed by atoms with Gasteiger partial charge in [-0.15, -0.1) is 0 Å². The second kappa shape index (κ2) is 4.73. The second-order valence-corrected chi connectivity index (χ2v) is 4.55. The summed E-state index contributed by atoms with van der Waals surface area (Å²) in [4.78, 5) is 17.9. The van der Waals surface area contributed by atoms with Gasteiger partial charge in [0.15, 0.2) is 0 Å². The Hall–Kier alpha value is -2.63. The first-order valence-corrected chi connectivity index (χ1v) is 6.10. The molecular formula is C15H9F3N2O. The molecule has 2 heterocycles. The molecule has 0 fully saturated rings. The van der Waals surface area contributed by atoms with Crippen molar-refractivity contribution in [1.82, 2.24) is 9.97 Å². The first-order valence-electron chi connectivity index (χ1n) is 6.10. The second-order valence-electron chi connectivity index (χ2n) is 4.55. The van der Waals surface area contributed by atoms with Gasteiger partial charge in [-0.3, -0.25) is 9.78 Å². The Morgan fingerprint density at radius 2 is 1.81 bits per heavy atom. The molecule has 0 aliphatic heterocycles. The minimum absolute atomic E-state index is 0.0964. The van der Waals surface area contributed by atoms with E-state index in [0.29, 0.717) is 11.6 Å². The number of pyridine rings is 2. The van der Waals surface area contributed by atoms with Gasteiger partial charge < -0.3 is 4.98 Å². The third-order valence-electron chi connectivity index (χ3n) is 3.13. The van der Waals surface area contributed by atoms with E-state index in [1.54, 1.807) is 24.4 Å². The van der Waals surface area contributed by atoms with Gasteiger partial charge >= 0.3 is 6.18 Å². The van der Waals surface area contributed by atoms with Crippen molar-refractivity contribution < 1.29 is 13.2 Å². The van der Waals surface area contributed by atoms with Gasteiger partial charge in [0.05, 0.1) is 11.3 Å². The van der Waals surface area contributed by atoms with Gasteiger partial charge in [0.1, 0.15) is 0 Å². The highest BCUT2D eigenvalue weighted by Crippen LogP contribution is 2.32.